The van der Waals surface area contributed by atoms with E-state index in [9.17, 15) is 18.8 Å². The van der Waals surface area contributed by atoms with E-state index in [4.69, 9.17) is 0 Å². The maximum absolute atomic E-state index is 13.7. The van der Waals surface area contributed by atoms with Gasteiger partial charge in [0.15, 0.2) is 0 Å². The van der Waals surface area contributed by atoms with Crippen molar-refractivity contribution in [2.45, 2.75) is 32.2 Å². The maximum atomic E-state index is 13.7. The second kappa shape index (κ2) is 6.53. The average Bonchev–Trinajstić information content (AvgIpc) is 2.75. The van der Waals surface area contributed by atoms with E-state index < -0.39 is 29.3 Å². The number of anilines is 1. The third-order valence-electron chi connectivity index (χ3n) is 3.76. The molecule has 3 N–H and O–H groups in total. The Morgan fingerprint density at radius 1 is 1.35 bits per heavy atom. The minimum atomic E-state index is -1.02. The molecule has 5 amide bonds. The molecule has 1 aromatic carbocycles. The molecule has 1 aliphatic heterocycles. The van der Waals surface area contributed by atoms with Crippen molar-refractivity contribution >= 4 is 39.6 Å². The van der Waals surface area contributed by atoms with E-state index in [-0.39, 0.29) is 5.69 Å². The van der Waals surface area contributed by atoms with E-state index in [2.05, 4.69) is 32.0 Å². The molecule has 0 spiro atoms. The molecule has 23 heavy (non-hydrogen) atoms. The lowest BCUT2D eigenvalue weighted by atomic mass is 9.93. The van der Waals surface area contributed by atoms with Gasteiger partial charge in [-0.1, -0.05) is 29.8 Å². The number of rotatable bonds is 4. The van der Waals surface area contributed by atoms with E-state index >= 15 is 0 Å². The first-order valence-corrected chi connectivity index (χ1v) is 7.81. The smallest absolute Gasteiger partial charge is 0.322 e. The SMILES string of the molecule is CCC1(CC)NC(=O)N(NC(=O)Nc2ccc(Br)cc2F)C1=O. The predicted molar refractivity (Wildman–Crippen MR) is 84.9 cm³/mol. The fourth-order valence-electron chi connectivity index (χ4n) is 2.29. The first-order valence-electron chi connectivity index (χ1n) is 7.02. The van der Waals surface area contributed by atoms with Crippen LogP contribution in [0.2, 0.25) is 0 Å². The molecule has 0 aliphatic carbocycles. The molecule has 9 heteroatoms. The molecule has 0 saturated carbocycles. The van der Waals surface area contributed by atoms with Crippen molar-refractivity contribution in [3.05, 3.63) is 28.5 Å². The van der Waals surface area contributed by atoms with Gasteiger partial charge in [0, 0.05) is 4.47 Å². The zero-order valence-electron chi connectivity index (χ0n) is 12.6. The lowest BCUT2D eigenvalue weighted by molar-refractivity contribution is -0.133. The maximum Gasteiger partial charge on any atom is 0.344 e. The number of halogens is 2. The summed E-state index contributed by atoms with van der Waals surface area (Å²) in [5, 5.41) is 5.43. The topological polar surface area (TPSA) is 90.5 Å². The highest BCUT2D eigenvalue weighted by molar-refractivity contribution is 9.10. The van der Waals surface area contributed by atoms with Gasteiger partial charge in [0.05, 0.1) is 5.69 Å². The summed E-state index contributed by atoms with van der Waals surface area (Å²) in [6.07, 6.45) is 0.796. The molecule has 1 fully saturated rings. The first-order chi connectivity index (χ1) is 10.8. The molecular formula is C14H16BrFN4O3. The highest BCUT2D eigenvalue weighted by Gasteiger charge is 2.49. The number of nitrogens with zero attached hydrogens (tertiary/aromatic N) is 1. The van der Waals surface area contributed by atoms with Gasteiger partial charge >= 0.3 is 12.1 Å². The van der Waals surface area contributed by atoms with E-state index in [1.165, 1.54) is 12.1 Å². The number of hydrogen-bond donors (Lipinski definition) is 3. The summed E-state index contributed by atoms with van der Waals surface area (Å²) in [5.41, 5.74) is 1.04. The van der Waals surface area contributed by atoms with Crippen LogP contribution in [0.4, 0.5) is 19.7 Å². The number of hydrogen-bond acceptors (Lipinski definition) is 3. The average molecular weight is 387 g/mol. The highest BCUT2D eigenvalue weighted by Crippen LogP contribution is 2.24. The minimum Gasteiger partial charge on any atom is -0.322 e. The number of benzene rings is 1. The molecule has 1 aromatic rings. The minimum absolute atomic E-state index is 0.0741. The molecule has 0 aromatic heterocycles. The van der Waals surface area contributed by atoms with Crippen molar-refractivity contribution in [2.75, 3.05) is 5.32 Å². The zero-order chi connectivity index (χ0) is 17.2. The largest absolute Gasteiger partial charge is 0.344 e. The summed E-state index contributed by atoms with van der Waals surface area (Å²) < 4.78 is 14.2. The molecule has 1 aliphatic rings. The van der Waals surface area contributed by atoms with Crippen LogP contribution in [0.1, 0.15) is 26.7 Å². The van der Waals surface area contributed by atoms with Crippen molar-refractivity contribution in [1.82, 2.24) is 15.8 Å². The van der Waals surface area contributed by atoms with Crippen molar-refractivity contribution < 1.29 is 18.8 Å². The third kappa shape index (κ3) is 3.29. The van der Waals surface area contributed by atoms with Crippen LogP contribution in [0, 0.1) is 5.82 Å². The summed E-state index contributed by atoms with van der Waals surface area (Å²) in [6.45, 7) is 3.53. The van der Waals surface area contributed by atoms with Gasteiger partial charge in [-0.25, -0.2) is 19.4 Å². The Morgan fingerprint density at radius 2 is 2.00 bits per heavy atom. The van der Waals surface area contributed by atoms with Crippen LogP contribution in [-0.2, 0) is 4.79 Å². The Kier molecular flexibility index (Phi) is 4.88. The highest BCUT2D eigenvalue weighted by atomic mass is 79.9. The van der Waals surface area contributed by atoms with Crippen LogP contribution in [0.25, 0.3) is 0 Å². The molecule has 0 bridgehead atoms. The van der Waals surface area contributed by atoms with E-state index in [0.717, 1.165) is 0 Å². The van der Waals surface area contributed by atoms with Gasteiger partial charge in [-0.3, -0.25) is 4.79 Å². The second-order valence-electron chi connectivity index (χ2n) is 5.05. The van der Waals surface area contributed by atoms with E-state index in [1.54, 1.807) is 19.9 Å². The Labute approximate surface area is 140 Å². The van der Waals surface area contributed by atoms with Gasteiger partial charge in [-0.15, -0.1) is 0 Å². The van der Waals surface area contributed by atoms with Crippen LogP contribution in [-0.4, -0.2) is 28.5 Å². The fraction of sp³-hybridized carbons (Fsp3) is 0.357. The van der Waals surface area contributed by atoms with Crippen LogP contribution in [0.5, 0.6) is 0 Å². The summed E-state index contributed by atoms with van der Waals surface area (Å²) >= 11 is 3.10. The molecule has 1 saturated heterocycles. The van der Waals surface area contributed by atoms with Gasteiger partial charge in [-0.2, -0.15) is 5.01 Å². The van der Waals surface area contributed by atoms with Crippen LogP contribution < -0.4 is 16.1 Å². The summed E-state index contributed by atoms with van der Waals surface area (Å²) in [7, 11) is 0. The standard InChI is InChI=1S/C14H16BrFN4O3/c1-3-14(4-2)11(21)20(13(23)18-14)19-12(22)17-10-6-5-8(15)7-9(10)16/h5-7H,3-4H2,1-2H3,(H,18,23)(H2,17,19,22). The monoisotopic (exact) mass is 386 g/mol. The molecule has 0 atom stereocenters. The van der Waals surface area contributed by atoms with Crippen molar-refractivity contribution in [3.63, 3.8) is 0 Å². The number of amides is 5. The Balaban J connectivity index is 2.08. The Morgan fingerprint density at radius 3 is 2.52 bits per heavy atom. The molecule has 124 valence electrons. The van der Waals surface area contributed by atoms with Crippen LogP contribution in [0.15, 0.2) is 22.7 Å². The van der Waals surface area contributed by atoms with Crippen molar-refractivity contribution in [1.29, 1.82) is 0 Å². The quantitative estimate of drug-likeness (QED) is 0.694. The number of urea groups is 2. The van der Waals surface area contributed by atoms with Gasteiger partial charge in [0.1, 0.15) is 11.4 Å². The molecule has 2 rings (SSSR count). The Hall–Kier alpha value is -2.16. The summed E-state index contributed by atoms with van der Waals surface area (Å²) in [4.78, 5) is 36.1. The number of carbonyl (C=O) groups is 3. The predicted octanol–water partition coefficient (Wildman–Crippen LogP) is 2.74. The normalized spacial score (nSPS) is 16.3. The van der Waals surface area contributed by atoms with Crippen LogP contribution in [0.3, 0.4) is 0 Å². The van der Waals surface area contributed by atoms with E-state index in [0.29, 0.717) is 22.3 Å². The van der Waals surface area contributed by atoms with Gasteiger partial charge < -0.3 is 10.6 Å². The van der Waals surface area contributed by atoms with Crippen LogP contribution >= 0.6 is 15.9 Å². The molecule has 7 nitrogen and oxygen atoms in total. The number of carbonyl (C=O) groups excluding carboxylic acids is 3. The van der Waals surface area contributed by atoms with Crippen molar-refractivity contribution in [3.8, 4) is 0 Å². The first kappa shape index (κ1) is 17.2. The fourth-order valence-corrected chi connectivity index (χ4v) is 2.63. The lowest BCUT2D eigenvalue weighted by Gasteiger charge is -2.23. The van der Waals surface area contributed by atoms with Crippen molar-refractivity contribution in [2.24, 2.45) is 0 Å². The lowest BCUT2D eigenvalue weighted by Crippen LogP contribution is -2.50. The second-order valence-corrected chi connectivity index (χ2v) is 5.97. The number of imide groups is 1. The summed E-state index contributed by atoms with van der Waals surface area (Å²) in [6, 6.07) is 2.48. The summed E-state index contributed by atoms with van der Waals surface area (Å²) in [5.74, 6) is -1.19. The van der Waals surface area contributed by atoms with Gasteiger partial charge in [-0.05, 0) is 31.0 Å². The van der Waals surface area contributed by atoms with E-state index in [1.807, 2.05) is 0 Å². The Bertz CT molecular complexity index is 663. The number of hydrazine groups is 1. The van der Waals surface area contributed by atoms with Gasteiger partial charge in [0.2, 0.25) is 0 Å². The number of nitrogens with one attached hydrogen (secondary N) is 3. The third-order valence-corrected chi connectivity index (χ3v) is 4.25. The zero-order valence-corrected chi connectivity index (χ0v) is 14.2. The molecule has 0 unspecified atom stereocenters. The molecular weight excluding hydrogens is 371 g/mol. The molecule has 1 heterocycles. The molecule has 0 radical (unpaired) electrons. The van der Waals surface area contributed by atoms with Gasteiger partial charge in [0.25, 0.3) is 5.91 Å².